The van der Waals surface area contributed by atoms with Crippen LogP contribution in [-0.2, 0) is 16.4 Å². The Morgan fingerprint density at radius 2 is 2.04 bits per heavy atom. The predicted molar refractivity (Wildman–Crippen MR) is 98.9 cm³/mol. The Morgan fingerprint density at radius 3 is 2.72 bits per heavy atom. The summed E-state index contributed by atoms with van der Waals surface area (Å²) in [5.41, 5.74) is 1.01. The third kappa shape index (κ3) is 3.77. The van der Waals surface area contributed by atoms with Gasteiger partial charge in [0.05, 0.1) is 16.9 Å². The average molecular weight is 382 g/mol. The molecule has 0 aliphatic carbocycles. The molecule has 2 aromatic heterocycles. The Bertz CT molecular complexity index is 955. The number of hydrogen-bond donors (Lipinski definition) is 0. The quantitative estimate of drug-likeness (QED) is 0.452. The molecule has 0 atom stereocenters. The highest BCUT2D eigenvalue weighted by molar-refractivity contribution is 7.91. The normalized spacial score (nSPS) is 17.6. The first-order valence-corrected chi connectivity index (χ1v) is 10.5. The van der Waals surface area contributed by atoms with Gasteiger partial charge in [-0.2, -0.15) is 0 Å². The van der Waals surface area contributed by atoms with Crippen LogP contribution in [0.1, 0.15) is 37.2 Å². The third-order valence-corrected chi connectivity index (χ3v) is 6.66. The van der Waals surface area contributed by atoms with Crippen molar-refractivity contribution in [2.75, 3.05) is 11.5 Å². The Morgan fingerprint density at radius 1 is 1.32 bits per heavy atom. The van der Waals surface area contributed by atoms with E-state index >= 15 is 0 Å². The second kappa shape index (κ2) is 7.25. The van der Waals surface area contributed by atoms with Crippen LogP contribution in [0.25, 0.3) is 11.0 Å². The number of allylic oxidation sites excluding steroid dienone is 1. The van der Waals surface area contributed by atoms with Gasteiger partial charge in [-0.1, -0.05) is 17.7 Å². The van der Waals surface area contributed by atoms with Crippen LogP contribution in [0.2, 0.25) is 5.15 Å². The molecule has 2 aromatic rings. The van der Waals surface area contributed by atoms with E-state index in [4.69, 9.17) is 11.6 Å². The minimum Gasteiger partial charge on any atom is -0.292 e. The topological polar surface area (TPSA) is 81.9 Å². The van der Waals surface area contributed by atoms with E-state index in [1.807, 2.05) is 6.08 Å². The van der Waals surface area contributed by atoms with E-state index < -0.39 is 9.84 Å². The number of pyridine rings is 1. The van der Waals surface area contributed by atoms with Gasteiger partial charge in [-0.3, -0.25) is 9.36 Å². The number of halogens is 1. The molecular weight excluding hydrogens is 362 g/mol. The van der Waals surface area contributed by atoms with Gasteiger partial charge in [0.1, 0.15) is 27.0 Å². The molecule has 0 bridgehead atoms. The molecule has 0 unspecified atom stereocenters. The molecular formula is C17H20ClN3O3S. The Balaban J connectivity index is 2.09. The molecule has 1 fully saturated rings. The highest BCUT2D eigenvalue weighted by Crippen LogP contribution is 2.30. The summed E-state index contributed by atoms with van der Waals surface area (Å²) < 4.78 is 25.0. The lowest BCUT2D eigenvalue weighted by molar-refractivity contribution is 0.543. The zero-order chi connectivity index (χ0) is 18.0. The molecule has 3 rings (SSSR count). The number of nitrogens with zero attached hydrogens (tertiary/aromatic N) is 3. The van der Waals surface area contributed by atoms with Crippen molar-refractivity contribution in [2.45, 2.75) is 38.1 Å². The van der Waals surface area contributed by atoms with Crippen molar-refractivity contribution in [2.24, 2.45) is 0 Å². The van der Waals surface area contributed by atoms with Crippen LogP contribution in [0.15, 0.2) is 29.8 Å². The van der Waals surface area contributed by atoms with Crippen LogP contribution in [-0.4, -0.2) is 34.5 Å². The maximum atomic E-state index is 13.0. The molecule has 1 aliphatic rings. The van der Waals surface area contributed by atoms with E-state index in [-0.39, 0.29) is 23.0 Å². The summed E-state index contributed by atoms with van der Waals surface area (Å²) in [6.07, 6.45) is 5.63. The van der Waals surface area contributed by atoms with Gasteiger partial charge < -0.3 is 0 Å². The fourth-order valence-electron chi connectivity index (χ4n) is 3.27. The largest absolute Gasteiger partial charge is 0.292 e. The molecule has 3 heterocycles. The Hall–Kier alpha value is -1.73. The highest BCUT2D eigenvalue weighted by Gasteiger charge is 2.27. The van der Waals surface area contributed by atoms with Crippen LogP contribution in [0.3, 0.4) is 0 Å². The van der Waals surface area contributed by atoms with Crippen molar-refractivity contribution in [3.05, 3.63) is 46.1 Å². The standard InChI is InChI=1S/C17H20ClN3O3S/c1-2-3-4-7-21-16-14(15(18)19-11-20-16)10-13(17(21)22)12-5-8-25(23,24)9-6-12/h2,10-12H,1,3-9H2. The molecule has 0 saturated carbocycles. The second-order valence-corrected chi connectivity index (χ2v) is 8.98. The number of fused-ring (bicyclic) bond motifs is 1. The average Bonchev–Trinajstić information content (AvgIpc) is 2.57. The van der Waals surface area contributed by atoms with Gasteiger partial charge in [-0.15, -0.1) is 6.58 Å². The molecule has 1 aliphatic heterocycles. The minimum absolute atomic E-state index is 0.0812. The van der Waals surface area contributed by atoms with Gasteiger partial charge in [0.15, 0.2) is 0 Å². The van der Waals surface area contributed by atoms with Crippen LogP contribution < -0.4 is 5.56 Å². The lowest BCUT2D eigenvalue weighted by atomic mass is 9.94. The number of aryl methyl sites for hydroxylation is 1. The van der Waals surface area contributed by atoms with Crippen molar-refractivity contribution in [3.8, 4) is 0 Å². The van der Waals surface area contributed by atoms with Crippen LogP contribution >= 0.6 is 11.6 Å². The third-order valence-electron chi connectivity index (χ3n) is 4.65. The first-order valence-electron chi connectivity index (χ1n) is 8.28. The van der Waals surface area contributed by atoms with E-state index in [1.165, 1.54) is 6.33 Å². The molecule has 0 spiro atoms. The molecule has 1 saturated heterocycles. The number of hydrogen-bond acceptors (Lipinski definition) is 5. The molecule has 0 aromatic carbocycles. The summed E-state index contributed by atoms with van der Waals surface area (Å²) >= 11 is 6.22. The molecule has 6 nitrogen and oxygen atoms in total. The van der Waals surface area contributed by atoms with Gasteiger partial charge in [-0.25, -0.2) is 18.4 Å². The first kappa shape index (κ1) is 18.1. The fraction of sp³-hybridized carbons (Fsp3) is 0.471. The summed E-state index contributed by atoms with van der Waals surface area (Å²) in [4.78, 5) is 21.3. The smallest absolute Gasteiger partial charge is 0.255 e. The van der Waals surface area contributed by atoms with E-state index in [0.717, 1.165) is 12.8 Å². The van der Waals surface area contributed by atoms with Crippen molar-refractivity contribution in [3.63, 3.8) is 0 Å². The zero-order valence-corrected chi connectivity index (χ0v) is 15.4. The second-order valence-electron chi connectivity index (χ2n) is 6.32. The lowest BCUT2D eigenvalue weighted by Gasteiger charge is -2.23. The van der Waals surface area contributed by atoms with Crippen LogP contribution in [0.5, 0.6) is 0 Å². The summed E-state index contributed by atoms with van der Waals surface area (Å²) in [5, 5.41) is 0.929. The van der Waals surface area contributed by atoms with Crippen molar-refractivity contribution < 1.29 is 8.42 Å². The summed E-state index contributed by atoms with van der Waals surface area (Å²) in [6, 6.07) is 1.74. The fourth-order valence-corrected chi connectivity index (χ4v) is 4.94. The van der Waals surface area contributed by atoms with Gasteiger partial charge in [-0.05, 0) is 37.7 Å². The molecule has 0 amide bonds. The molecule has 8 heteroatoms. The lowest BCUT2D eigenvalue weighted by Crippen LogP contribution is -2.30. The molecule has 134 valence electrons. The van der Waals surface area contributed by atoms with Crippen molar-refractivity contribution in [1.82, 2.24) is 14.5 Å². The van der Waals surface area contributed by atoms with Crippen molar-refractivity contribution >= 4 is 32.5 Å². The minimum atomic E-state index is -2.99. The highest BCUT2D eigenvalue weighted by atomic mass is 35.5. The van der Waals surface area contributed by atoms with E-state index in [2.05, 4.69) is 16.5 Å². The SMILES string of the molecule is C=CCCCn1c(=O)c(C2CCS(=O)(=O)CC2)cc2c(Cl)ncnc21. The van der Waals surface area contributed by atoms with Crippen molar-refractivity contribution in [1.29, 1.82) is 0 Å². The molecule has 0 N–H and O–H groups in total. The van der Waals surface area contributed by atoms with Crippen LogP contribution in [0.4, 0.5) is 0 Å². The number of unbranched alkanes of at least 4 members (excludes halogenated alkanes) is 1. The summed E-state index contributed by atoms with van der Waals surface area (Å²) in [6.45, 7) is 4.21. The van der Waals surface area contributed by atoms with E-state index in [9.17, 15) is 13.2 Å². The van der Waals surface area contributed by atoms with E-state index in [0.29, 0.717) is 41.1 Å². The van der Waals surface area contributed by atoms with Gasteiger partial charge in [0.25, 0.3) is 5.56 Å². The molecule has 25 heavy (non-hydrogen) atoms. The monoisotopic (exact) mass is 381 g/mol. The Labute approximate surface area is 151 Å². The van der Waals surface area contributed by atoms with Crippen LogP contribution in [0, 0.1) is 0 Å². The number of sulfone groups is 1. The Kier molecular flexibility index (Phi) is 5.24. The molecule has 0 radical (unpaired) electrons. The predicted octanol–water partition coefficient (Wildman–Crippen LogP) is 2.70. The first-order chi connectivity index (χ1) is 11.9. The van der Waals surface area contributed by atoms with Gasteiger partial charge >= 0.3 is 0 Å². The number of aromatic nitrogens is 3. The zero-order valence-electron chi connectivity index (χ0n) is 13.8. The summed E-state index contributed by atoms with van der Waals surface area (Å²) in [5.74, 6) is 0.150. The van der Waals surface area contributed by atoms with Gasteiger partial charge in [0.2, 0.25) is 0 Å². The maximum absolute atomic E-state index is 13.0. The van der Waals surface area contributed by atoms with E-state index in [1.54, 1.807) is 10.6 Å². The van der Waals surface area contributed by atoms with Gasteiger partial charge in [0, 0.05) is 12.1 Å². The maximum Gasteiger partial charge on any atom is 0.255 e. The number of rotatable bonds is 5. The summed E-state index contributed by atoms with van der Waals surface area (Å²) in [7, 11) is -2.99.